The number of fused-ring (bicyclic) bond motifs is 3. The molecule has 2 aliphatic carbocycles. The third-order valence-electron chi connectivity index (χ3n) is 9.64. The van der Waals surface area contributed by atoms with Gasteiger partial charge in [-0.1, -0.05) is 26.0 Å². The van der Waals surface area contributed by atoms with Gasteiger partial charge in [-0.3, -0.25) is 19.3 Å². The van der Waals surface area contributed by atoms with E-state index in [1.807, 2.05) is 13.8 Å². The van der Waals surface area contributed by atoms with E-state index in [-0.39, 0.29) is 82.1 Å². The van der Waals surface area contributed by atoms with Crippen LogP contribution in [0.15, 0.2) is 18.2 Å². The number of aromatic hydroxyl groups is 2. The van der Waals surface area contributed by atoms with E-state index < -0.39 is 36.5 Å². The van der Waals surface area contributed by atoms with Gasteiger partial charge in [0.1, 0.15) is 30.1 Å². The van der Waals surface area contributed by atoms with Crippen molar-refractivity contribution in [2.24, 2.45) is 5.92 Å². The molecule has 6 rings (SSSR count). The van der Waals surface area contributed by atoms with Crippen molar-refractivity contribution in [2.75, 3.05) is 40.5 Å². The Morgan fingerprint density at radius 1 is 1.06 bits per heavy atom. The van der Waals surface area contributed by atoms with E-state index in [0.717, 1.165) is 32.5 Å². The second-order valence-electron chi connectivity index (χ2n) is 12.5. The molecule has 270 valence electrons. The molecule has 6 N–H and O–H groups in total. The minimum atomic E-state index is -0.778. The quantitative estimate of drug-likeness (QED) is 0.149. The van der Waals surface area contributed by atoms with Crippen LogP contribution in [-0.4, -0.2) is 119 Å². The summed E-state index contributed by atoms with van der Waals surface area (Å²) in [5, 5.41) is 53.6. The number of phenolic OH excluding ortho intramolecular Hbond substituents is 2. The molecule has 2 aliphatic heterocycles. The fraction of sp³-hybridized carbons (Fsp3) is 0.583. The SMILES string of the molecule is CC.CC1OC(O)CC(NCCCC2OCCN2C)C1O.COc1cccc2c1C(=O)c1c(O)c3c(c(O)c1C2=O)CC(C(=O)CO)CC3. The number of nitrogens with zero attached hydrogens (tertiary/aromatic N) is 1. The minimum Gasteiger partial charge on any atom is -0.507 e. The molecule has 49 heavy (non-hydrogen) atoms. The number of ketones is 3. The van der Waals surface area contributed by atoms with Gasteiger partial charge < -0.3 is 45.1 Å². The Hall–Kier alpha value is -3.43. The molecular formula is C36H50N2O11. The summed E-state index contributed by atoms with van der Waals surface area (Å²) in [5.74, 6) is -2.56. The first kappa shape index (κ1) is 38.4. The van der Waals surface area contributed by atoms with Crippen LogP contribution in [0, 0.1) is 5.92 Å². The number of carbonyl (C=O) groups excluding carboxylic acids is 3. The highest BCUT2D eigenvalue weighted by atomic mass is 16.6. The predicted octanol–water partition coefficient (Wildman–Crippen LogP) is 2.08. The van der Waals surface area contributed by atoms with Crippen LogP contribution < -0.4 is 10.1 Å². The van der Waals surface area contributed by atoms with Crippen LogP contribution in [0.3, 0.4) is 0 Å². The third-order valence-corrected chi connectivity index (χ3v) is 9.64. The van der Waals surface area contributed by atoms with Crippen molar-refractivity contribution in [3.8, 4) is 17.2 Å². The van der Waals surface area contributed by atoms with Gasteiger partial charge in [-0.25, -0.2) is 0 Å². The molecule has 0 bridgehead atoms. The minimum absolute atomic E-state index is 0.0568. The molecule has 2 saturated heterocycles. The first-order valence-electron chi connectivity index (χ1n) is 17.0. The molecule has 4 aliphatic rings. The zero-order valence-electron chi connectivity index (χ0n) is 28.9. The molecule has 2 aromatic carbocycles. The van der Waals surface area contributed by atoms with Crippen LogP contribution in [0.4, 0.5) is 0 Å². The number of phenols is 2. The molecule has 0 aromatic heterocycles. The standard InChI is InChI=1S/C21H18O7.C13H26N2O4.C2H6/c1-28-14-4-2-3-11-15(14)21(27)17-16(19(11)25)20(26)12-7-9(13(23)8-22)5-6-10(12)18(17)24;1-9-13(17)10(8-12(16)19-9)14-5-3-4-11-15(2)6-7-18-11;1-2/h2-4,9,22,24,26H,5-8H2,1H3;9-14,16-17H,3-8H2,1-2H3;1-2H3. The molecular weight excluding hydrogens is 636 g/mol. The van der Waals surface area contributed by atoms with Gasteiger partial charge in [-0.2, -0.15) is 0 Å². The van der Waals surface area contributed by atoms with Crippen LogP contribution in [0.2, 0.25) is 0 Å². The number of carbonyl (C=O) groups is 3. The van der Waals surface area contributed by atoms with Gasteiger partial charge in [0, 0.05) is 41.6 Å². The molecule has 6 atom stereocenters. The highest BCUT2D eigenvalue weighted by Crippen LogP contribution is 2.47. The molecule has 0 amide bonds. The Morgan fingerprint density at radius 2 is 1.76 bits per heavy atom. The van der Waals surface area contributed by atoms with Crippen molar-refractivity contribution >= 4 is 17.3 Å². The number of rotatable bonds is 8. The number of benzene rings is 2. The second-order valence-corrected chi connectivity index (χ2v) is 12.5. The van der Waals surface area contributed by atoms with E-state index in [0.29, 0.717) is 18.4 Å². The zero-order valence-corrected chi connectivity index (χ0v) is 28.9. The number of hydrogen-bond donors (Lipinski definition) is 6. The summed E-state index contributed by atoms with van der Waals surface area (Å²) >= 11 is 0. The van der Waals surface area contributed by atoms with E-state index in [1.165, 1.54) is 13.2 Å². The summed E-state index contributed by atoms with van der Waals surface area (Å²) < 4.78 is 16.0. The maximum atomic E-state index is 13.1. The summed E-state index contributed by atoms with van der Waals surface area (Å²) in [5.41, 5.74) is 0.301. The summed E-state index contributed by atoms with van der Waals surface area (Å²) in [4.78, 5) is 40.3. The van der Waals surface area contributed by atoms with Gasteiger partial charge in [0.2, 0.25) is 5.78 Å². The molecule has 2 aromatic rings. The number of aliphatic hydroxyl groups is 3. The van der Waals surface area contributed by atoms with E-state index in [1.54, 1.807) is 19.1 Å². The topological polar surface area (TPSA) is 195 Å². The van der Waals surface area contributed by atoms with Crippen LogP contribution >= 0.6 is 0 Å². The van der Waals surface area contributed by atoms with Crippen molar-refractivity contribution in [3.63, 3.8) is 0 Å². The lowest BCUT2D eigenvalue weighted by atomic mass is 9.75. The summed E-state index contributed by atoms with van der Waals surface area (Å²) in [6.07, 6.45) is 1.69. The number of likely N-dealkylation sites (N-methyl/N-ethyl adjacent to an activating group) is 1. The smallest absolute Gasteiger partial charge is 0.202 e. The van der Waals surface area contributed by atoms with Gasteiger partial charge in [-0.05, 0) is 58.7 Å². The number of ether oxygens (including phenoxy) is 3. The summed E-state index contributed by atoms with van der Waals surface area (Å²) in [7, 11) is 3.46. The summed E-state index contributed by atoms with van der Waals surface area (Å²) in [6, 6.07) is 4.49. The Labute approximate surface area is 286 Å². The van der Waals surface area contributed by atoms with E-state index in [4.69, 9.17) is 19.3 Å². The lowest BCUT2D eigenvalue weighted by Gasteiger charge is -2.36. The lowest BCUT2D eigenvalue weighted by Crippen LogP contribution is -2.53. The zero-order chi connectivity index (χ0) is 36.0. The summed E-state index contributed by atoms with van der Waals surface area (Å²) in [6.45, 7) is 7.80. The maximum Gasteiger partial charge on any atom is 0.202 e. The number of aliphatic hydroxyl groups excluding tert-OH is 3. The highest BCUT2D eigenvalue weighted by molar-refractivity contribution is 6.31. The third kappa shape index (κ3) is 7.99. The molecule has 0 radical (unpaired) electrons. The molecule has 0 saturated carbocycles. The van der Waals surface area contributed by atoms with Gasteiger partial charge in [0.05, 0.1) is 42.6 Å². The van der Waals surface area contributed by atoms with Crippen LogP contribution in [0.25, 0.3) is 0 Å². The molecule has 2 heterocycles. The molecule has 13 heteroatoms. The van der Waals surface area contributed by atoms with Crippen molar-refractivity contribution in [1.29, 1.82) is 0 Å². The van der Waals surface area contributed by atoms with Gasteiger partial charge >= 0.3 is 0 Å². The monoisotopic (exact) mass is 686 g/mol. The van der Waals surface area contributed by atoms with Gasteiger partial charge in [0.15, 0.2) is 17.9 Å². The largest absolute Gasteiger partial charge is 0.507 e. The van der Waals surface area contributed by atoms with Crippen molar-refractivity contribution in [3.05, 3.63) is 51.6 Å². The average molecular weight is 687 g/mol. The second kappa shape index (κ2) is 17.0. The maximum absolute atomic E-state index is 13.1. The molecule has 0 spiro atoms. The first-order chi connectivity index (χ1) is 23.5. The number of Topliss-reactive ketones (excluding diaryl/α,β-unsaturated/α-hetero) is 1. The Bertz CT molecular complexity index is 1510. The Balaban J connectivity index is 0.000000225. The predicted molar refractivity (Wildman–Crippen MR) is 179 cm³/mol. The van der Waals surface area contributed by atoms with Crippen molar-refractivity contribution in [2.45, 2.75) is 90.1 Å². The van der Waals surface area contributed by atoms with E-state index >= 15 is 0 Å². The van der Waals surface area contributed by atoms with Crippen molar-refractivity contribution < 1.29 is 54.1 Å². The van der Waals surface area contributed by atoms with Gasteiger partial charge in [0.25, 0.3) is 0 Å². The Kier molecular flexibility index (Phi) is 13.3. The van der Waals surface area contributed by atoms with E-state index in [9.17, 15) is 34.8 Å². The number of methoxy groups -OCH3 is 1. The number of hydrogen-bond acceptors (Lipinski definition) is 13. The lowest BCUT2D eigenvalue weighted by molar-refractivity contribution is -0.202. The van der Waals surface area contributed by atoms with E-state index in [2.05, 4.69) is 17.3 Å². The molecule has 6 unspecified atom stereocenters. The average Bonchev–Trinajstić information content (AvgIpc) is 3.53. The van der Waals surface area contributed by atoms with Crippen LogP contribution in [-0.2, 0) is 27.1 Å². The first-order valence-corrected chi connectivity index (χ1v) is 17.0. The fourth-order valence-electron chi connectivity index (χ4n) is 6.95. The fourth-order valence-corrected chi connectivity index (χ4v) is 6.95. The van der Waals surface area contributed by atoms with Gasteiger partial charge in [-0.15, -0.1) is 0 Å². The normalized spacial score (nSPS) is 26.0. The molecule has 2 fully saturated rings. The van der Waals surface area contributed by atoms with Crippen LogP contribution in [0.1, 0.15) is 89.4 Å². The molecule has 13 nitrogen and oxygen atoms in total. The van der Waals surface area contributed by atoms with Crippen molar-refractivity contribution in [1.82, 2.24) is 10.2 Å². The van der Waals surface area contributed by atoms with Crippen LogP contribution in [0.5, 0.6) is 17.2 Å². The number of nitrogens with one attached hydrogen (secondary N) is 1. The Morgan fingerprint density at radius 3 is 2.41 bits per heavy atom. The highest BCUT2D eigenvalue weighted by Gasteiger charge is 2.41.